The van der Waals surface area contributed by atoms with Crippen LogP contribution in [0.25, 0.3) is 17.3 Å². The van der Waals surface area contributed by atoms with E-state index < -0.39 is 0 Å². The van der Waals surface area contributed by atoms with Gasteiger partial charge in [-0.15, -0.1) is 16.4 Å². The van der Waals surface area contributed by atoms with Gasteiger partial charge in [0.2, 0.25) is 5.13 Å². The normalized spacial score (nSPS) is 11.1. The van der Waals surface area contributed by atoms with Gasteiger partial charge in [-0.2, -0.15) is 4.68 Å². The van der Waals surface area contributed by atoms with E-state index in [2.05, 4.69) is 15.3 Å². The molecule has 0 saturated carbocycles. The molecule has 5 nitrogen and oxygen atoms in total. The Morgan fingerprint density at radius 1 is 1.19 bits per heavy atom. The second-order valence-electron chi connectivity index (χ2n) is 4.41. The van der Waals surface area contributed by atoms with Gasteiger partial charge in [0, 0.05) is 5.38 Å². The van der Waals surface area contributed by atoms with E-state index in [9.17, 15) is 4.79 Å². The average Bonchev–Trinajstić information content (AvgIpc) is 3.11. The molecule has 0 atom stereocenters. The molecule has 0 N–H and O–H groups in total. The summed E-state index contributed by atoms with van der Waals surface area (Å²) >= 11 is 1.46. The van der Waals surface area contributed by atoms with E-state index in [-0.39, 0.29) is 0 Å². The van der Waals surface area contributed by atoms with Crippen LogP contribution in [0.1, 0.15) is 27.4 Å². The lowest BCUT2D eigenvalue weighted by Gasteiger charge is -1.98. The Morgan fingerprint density at radius 2 is 2.00 bits per heavy atom. The molecule has 0 aliphatic rings. The molecule has 0 aliphatic heterocycles. The highest BCUT2D eigenvalue weighted by atomic mass is 32.1. The summed E-state index contributed by atoms with van der Waals surface area (Å²) in [5.74, 6) is 0. The minimum atomic E-state index is 0.301. The number of aromatic nitrogens is 4. The first-order valence-corrected chi connectivity index (χ1v) is 7.22. The maximum atomic E-state index is 11.1. The third-order valence-electron chi connectivity index (χ3n) is 2.87. The fraction of sp³-hybridized carbons (Fsp3) is 0.0667. The minimum Gasteiger partial charge on any atom is -0.296 e. The first-order chi connectivity index (χ1) is 10.3. The van der Waals surface area contributed by atoms with E-state index >= 15 is 0 Å². The molecule has 21 heavy (non-hydrogen) atoms. The van der Waals surface area contributed by atoms with E-state index in [1.807, 2.05) is 54.8 Å². The van der Waals surface area contributed by atoms with Crippen LogP contribution in [0.5, 0.6) is 0 Å². The SMILES string of the molecule is Cc1csc(-n2nnc(C=O)c2/C=C/c2ccccc2)n1. The number of hydrogen-bond donors (Lipinski definition) is 0. The summed E-state index contributed by atoms with van der Waals surface area (Å²) in [6, 6.07) is 9.84. The Kier molecular flexibility index (Phi) is 3.70. The van der Waals surface area contributed by atoms with E-state index in [0.717, 1.165) is 11.3 Å². The topological polar surface area (TPSA) is 60.7 Å². The van der Waals surface area contributed by atoms with Crippen LogP contribution in [0.3, 0.4) is 0 Å². The molecule has 104 valence electrons. The van der Waals surface area contributed by atoms with Crippen molar-refractivity contribution in [2.75, 3.05) is 0 Å². The summed E-state index contributed by atoms with van der Waals surface area (Å²) < 4.78 is 1.58. The molecule has 0 fully saturated rings. The monoisotopic (exact) mass is 296 g/mol. The van der Waals surface area contributed by atoms with Crippen LogP contribution in [0.15, 0.2) is 35.7 Å². The highest BCUT2D eigenvalue weighted by molar-refractivity contribution is 7.12. The summed E-state index contributed by atoms with van der Waals surface area (Å²) in [7, 11) is 0. The van der Waals surface area contributed by atoms with Crippen LogP contribution in [0.2, 0.25) is 0 Å². The average molecular weight is 296 g/mol. The molecule has 0 radical (unpaired) electrons. The summed E-state index contributed by atoms with van der Waals surface area (Å²) in [5.41, 5.74) is 2.88. The molecular formula is C15H12N4OS. The molecule has 0 unspecified atom stereocenters. The van der Waals surface area contributed by atoms with Crippen LogP contribution in [-0.2, 0) is 0 Å². The summed E-state index contributed by atoms with van der Waals surface area (Å²) in [6.45, 7) is 1.91. The highest BCUT2D eigenvalue weighted by Crippen LogP contribution is 2.18. The lowest BCUT2D eigenvalue weighted by Crippen LogP contribution is -1.99. The number of rotatable bonds is 4. The van der Waals surface area contributed by atoms with Crippen molar-refractivity contribution in [2.24, 2.45) is 0 Å². The lowest BCUT2D eigenvalue weighted by molar-refractivity contribution is 0.111. The van der Waals surface area contributed by atoms with Crippen LogP contribution in [0.4, 0.5) is 0 Å². The van der Waals surface area contributed by atoms with E-state index in [0.29, 0.717) is 22.8 Å². The van der Waals surface area contributed by atoms with Crippen LogP contribution >= 0.6 is 11.3 Å². The van der Waals surface area contributed by atoms with Crippen molar-refractivity contribution in [3.05, 3.63) is 58.4 Å². The molecule has 2 aromatic heterocycles. The molecule has 0 aliphatic carbocycles. The first kappa shape index (κ1) is 13.4. The summed E-state index contributed by atoms with van der Waals surface area (Å²) in [5, 5.41) is 10.5. The Labute approximate surface area is 125 Å². The molecule has 0 amide bonds. The molecule has 3 aromatic rings. The highest BCUT2D eigenvalue weighted by Gasteiger charge is 2.13. The van der Waals surface area contributed by atoms with E-state index in [1.165, 1.54) is 11.3 Å². The predicted octanol–water partition coefficient (Wildman–Crippen LogP) is 3.02. The zero-order valence-corrected chi connectivity index (χ0v) is 12.1. The van der Waals surface area contributed by atoms with Crippen molar-refractivity contribution in [3.63, 3.8) is 0 Å². The maximum Gasteiger partial charge on any atom is 0.212 e. The zero-order chi connectivity index (χ0) is 14.7. The quantitative estimate of drug-likeness (QED) is 0.694. The predicted molar refractivity (Wildman–Crippen MR) is 82.5 cm³/mol. The van der Waals surface area contributed by atoms with E-state index in [1.54, 1.807) is 4.68 Å². The van der Waals surface area contributed by atoms with Gasteiger partial charge in [-0.3, -0.25) is 4.79 Å². The number of hydrogen-bond acceptors (Lipinski definition) is 5. The van der Waals surface area contributed by atoms with Crippen molar-refractivity contribution >= 4 is 29.8 Å². The molecule has 6 heteroatoms. The van der Waals surface area contributed by atoms with Gasteiger partial charge >= 0.3 is 0 Å². The molecule has 1 aromatic carbocycles. The minimum absolute atomic E-state index is 0.301. The van der Waals surface area contributed by atoms with Gasteiger partial charge in [0.15, 0.2) is 12.0 Å². The molecule has 3 rings (SSSR count). The van der Waals surface area contributed by atoms with Crippen molar-refractivity contribution in [2.45, 2.75) is 6.92 Å². The fourth-order valence-electron chi connectivity index (χ4n) is 1.86. The van der Waals surface area contributed by atoms with Gasteiger partial charge in [-0.25, -0.2) is 4.98 Å². The largest absolute Gasteiger partial charge is 0.296 e. The number of benzene rings is 1. The standard InChI is InChI=1S/C15H12N4OS/c1-11-10-21-15(16-11)19-14(13(9-20)17-18-19)8-7-12-5-3-2-4-6-12/h2-10H,1H3/b8-7+. The summed E-state index contributed by atoms with van der Waals surface area (Å²) in [6.07, 6.45) is 4.45. The lowest BCUT2D eigenvalue weighted by atomic mass is 10.2. The van der Waals surface area contributed by atoms with Gasteiger partial charge < -0.3 is 0 Å². The Bertz CT molecular complexity index is 789. The van der Waals surface area contributed by atoms with Crippen molar-refractivity contribution in [1.82, 2.24) is 20.0 Å². The third-order valence-corrected chi connectivity index (χ3v) is 3.80. The first-order valence-electron chi connectivity index (χ1n) is 6.34. The molecule has 0 saturated heterocycles. The van der Waals surface area contributed by atoms with Crippen LogP contribution in [-0.4, -0.2) is 26.3 Å². The van der Waals surface area contributed by atoms with Gasteiger partial charge in [-0.1, -0.05) is 41.6 Å². The van der Waals surface area contributed by atoms with E-state index in [4.69, 9.17) is 0 Å². The number of carbonyl (C=O) groups excluding carboxylic acids is 1. The number of nitrogens with zero attached hydrogens (tertiary/aromatic N) is 4. The maximum absolute atomic E-state index is 11.1. The van der Waals surface area contributed by atoms with Crippen molar-refractivity contribution in [1.29, 1.82) is 0 Å². The number of carbonyl (C=O) groups is 1. The van der Waals surface area contributed by atoms with Crippen molar-refractivity contribution < 1.29 is 4.79 Å². The van der Waals surface area contributed by atoms with Gasteiger partial charge in [0.25, 0.3) is 0 Å². The number of aldehydes is 1. The number of aryl methyl sites for hydroxylation is 1. The smallest absolute Gasteiger partial charge is 0.212 e. The fourth-order valence-corrected chi connectivity index (χ4v) is 2.62. The Balaban J connectivity index is 2.02. The second kappa shape index (κ2) is 5.80. The number of thiazole rings is 1. The third kappa shape index (κ3) is 2.80. The Morgan fingerprint density at radius 3 is 2.67 bits per heavy atom. The molecular weight excluding hydrogens is 284 g/mol. The Hall–Kier alpha value is -2.60. The molecule has 2 heterocycles. The van der Waals surface area contributed by atoms with Gasteiger partial charge in [0.05, 0.1) is 5.69 Å². The van der Waals surface area contributed by atoms with Gasteiger partial charge in [-0.05, 0) is 18.6 Å². The van der Waals surface area contributed by atoms with Gasteiger partial charge in [0.1, 0.15) is 5.69 Å². The van der Waals surface area contributed by atoms with Crippen molar-refractivity contribution in [3.8, 4) is 5.13 Å². The summed E-state index contributed by atoms with van der Waals surface area (Å²) in [4.78, 5) is 15.5. The molecule has 0 bridgehead atoms. The molecule has 0 spiro atoms. The van der Waals surface area contributed by atoms with Crippen LogP contribution in [0, 0.1) is 6.92 Å². The second-order valence-corrected chi connectivity index (χ2v) is 5.24. The zero-order valence-electron chi connectivity index (χ0n) is 11.3. The van der Waals surface area contributed by atoms with Crippen LogP contribution < -0.4 is 0 Å².